The topological polar surface area (TPSA) is 56.8 Å². The lowest BCUT2D eigenvalue weighted by molar-refractivity contribution is -0.137. The second-order valence-corrected chi connectivity index (χ2v) is 7.20. The molecule has 1 unspecified atom stereocenters. The van der Waals surface area contributed by atoms with Gasteiger partial charge < -0.3 is 14.7 Å². The fourth-order valence-corrected chi connectivity index (χ4v) is 3.80. The molecule has 0 aliphatic carbocycles. The Bertz CT molecular complexity index is 592. The summed E-state index contributed by atoms with van der Waals surface area (Å²) >= 11 is 0. The number of aromatic nitrogens is 1. The van der Waals surface area contributed by atoms with E-state index in [1.165, 1.54) is 0 Å². The zero-order valence-corrected chi connectivity index (χ0v) is 15.1. The van der Waals surface area contributed by atoms with Crippen molar-refractivity contribution in [3.05, 3.63) is 30.1 Å². The minimum atomic E-state index is 0.122. The number of rotatable bonds is 3. The fraction of sp³-hybridized carbons (Fsp3) is 0.632. The highest BCUT2D eigenvalue weighted by atomic mass is 16.2. The number of nitrogens with zero attached hydrogens (tertiary/aromatic N) is 4. The van der Waals surface area contributed by atoms with Gasteiger partial charge in [-0.15, -0.1) is 0 Å². The van der Waals surface area contributed by atoms with Crippen molar-refractivity contribution in [1.82, 2.24) is 19.7 Å². The summed E-state index contributed by atoms with van der Waals surface area (Å²) in [5, 5.41) is 0. The molecule has 1 aromatic rings. The molecular formula is C19H28N4O2. The number of carbonyl (C=O) groups is 2. The lowest BCUT2D eigenvalue weighted by atomic mass is 9.97. The van der Waals surface area contributed by atoms with E-state index in [1.807, 2.05) is 21.9 Å². The van der Waals surface area contributed by atoms with Crippen LogP contribution in [-0.2, 0) is 16.0 Å². The van der Waals surface area contributed by atoms with E-state index in [0.29, 0.717) is 19.5 Å². The number of likely N-dealkylation sites (tertiary alicyclic amines) is 1. The maximum Gasteiger partial charge on any atom is 0.227 e. The zero-order valence-electron chi connectivity index (χ0n) is 15.1. The molecular weight excluding hydrogens is 316 g/mol. The Hall–Kier alpha value is -1.95. The maximum absolute atomic E-state index is 12.8. The molecule has 2 fully saturated rings. The van der Waals surface area contributed by atoms with Crippen molar-refractivity contribution in [2.24, 2.45) is 5.92 Å². The zero-order chi connectivity index (χ0) is 17.6. The largest absolute Gasteiger partial charge is 0.341 e. The molecule has 1 atom stereocenters. The van der Waals surface area contributed by atoms with Gasteiger partial charge in [0.05, 0.1) is 12.3 Å². The molecule has 0 saturated carbocycles. The van der Waals surface area contributed by atoms with Crippen LogP contribution in [0.3, 0.4) is 0 Å². The third kappa shape index (κ3) is 4.78. The smallest absolute Gasteiger partial charge is 0.227 e. The van der Waals surface area contributed by atoms with Gasteiger partial charge in [0.1, 0.15) is 0 Å². The van der Waals surface area contributed by atoms with Crippen molar-refractivity contribution < 1.29 is 9.59 Å². The summed E-state index contributed by atoms with van der Waals surface area (Å²) in [5.74, 6) is 0.518. The predicted octanol–water partition coefficient (Wildman–Crippen LogP) is 1.03. The van der Waals surface area contributed by atoms with Gasteiger partial charge in [0, 0.05) is 45.1 Å². The van der Waals surface area contributed by atoms with Gasteiger partial charge in [-0.1, -0.05) is 6.07 Å². The van der Waals surface area contributed by atoms with Crippen LogP contribution in [0.15, 0.2) is 24.5 Å². The van der Waals surface area contributed by atoms with Crippen LogP contribution in [-0.4, -0.2) is 77.8 Å². The average Bonchev–Trinajstić information content (AvgIpc) is 2.88. The first-order valence-corrected chi connectivity index (χ1v) is 9.27. The molecule has 3 heterocycles. The van der Waals surface area contributed by atoms with Gasteiger partial charge in [-0.05, 0) is 44.5 Å². The average molecular weight is 344 g/mol. The van der Waals surface area contributed by atoms with Gasteiger partial charge in [0.15, 0.2) is 0 Å². The first-order chi connectivity index (χ1) is 12.1. The SMILES string of the molecule is CN1CCCC(C(=O)N2CCCN(C(=O)Cc3cccnc3)CC2)C1. The molecule has 0 bridgehead atoms. The van der Waals surface area contributed by atoms with E-state index in [9.17, 15) is 9.59 Å². The highest BCUT2D eigenvalue weighted by Gasteiger charge is 2.29. The normalized spacial score (nSPS) is 22.5. The molecule has 2 amide bonds. The summed E-state index contributed by atoms with van der Waals surface area (Å²) in [7, 11) is 2.08. The van der Waals surface area contributed by atoms with E-state index in [0.717, 1.165) is 51.0 Å². The molecule has 0 spiro atoms. The van der Waals surface area contributed by atoms with Crippen LogP contribution >= 0.6 is 0 Å². The van der Waals surface area contributed by atoms with Gasteiger partial charge >= 0.3 is 0 Å². The summed E-state index contributed by atoms with van der Waals surface area (Å²) < 4.78 is 0. The minimum Gasteiger partial charge on any atom is -0.341 e. The molecule has 2 aliphatic heterocycles. The van der Waals surface area contributed by atoms with E-state index in [1.54, 1.807) is 12.4 Å². The van der Waals surface area contributed by atoms with E-state index >= 15 is 0 Å². The number of pyridine rings is 1. The maximum atomic E-state index is 12.8. The number of hydrogen-bond acceptors (Lipinski definition) is 4. The minimum absolute atomic E-state index is 0.122. The Balaban J connectivity index is 1.53. The summed E-state index contributed by atoms with van der Waals surface area (Å²) in [6.45, 7) is 4.72. The molecule has 0 N–H and O–H groups in total. The van der Waals surface area contributed by atoms with Gasteiger partial charge in [0.25, 0.3) is 0 Å². The number of hydrogen-bond donors (Lipinski definition) is 0. The lowest BCUT2D eigenvalue weighted by Crippen LogP contribution is -2.45. The highest BCUT2D eigenvalue weighted by molar-refractivity contribution is 5.80. The summed E-state index contributed by atoms with van der Waals surface area (Å²) in [4.78, 5) is 35.5. The van der Waals surface area contributed by atoms with E-state index in [2.05, 4.69) is 16.9 Å². The molecule has 3 rings (SSSR count). The molecule has 25 heavy (non-hydrogen) atoms. The second kappa shape index (κ2) is 8.43. The molecule has 1 aromatic heterocycles. The van der Waals surface area contributed by atoms with Gasteiger partial charge in [-0.3, -0.25) is 14.6 Å². The summed E-state index contributed by atoms with van der Waals surface area (Å²) in [6.07, 6.45) is 6.78. The van der Waals surface area contributed by atoms with Crippen LogP contribution in [0, 0.1) is 5.92 Å². The predicted molar refractivity (Wildman–Crippen MR) is 95.9 cm³/mol. The summed E-state index contributed by atoms with van der Waals surface area (Å²) in [6, 6.07) is 3.78. The fourth-order valence-electron chi connectivity index (χ4n) is 3.80. The third-order valence-electron chi connectivity index (χ3n) is 5.21. The van der Waals surface area contributed by atoms with Crippen LogP contribution in [0.1, 0.15) is 24.8 Å². The molecule has 6 nitrogen and oxygen atoms in total. The van der Waals surface area contributed by atoms with Crippen LogP contribution in [0.2, 0.25) is 0 Å². The Kier molecular flexibility index (Phi) is 6.02. The highest BCUT2D eigenvalue weighted by Crippen LogP contribution is 2.19. The molecule has 2 saturated heterocycles. The van der Waals surface area contributed by atoms with E-state index in [-0.39, 0.29) is 17.7 Å². The molecule has 6 heteroatoms. The van der Waals surface area contributed by atoms with Gasteiger partial charge in [-0.25, -0.2) is 0 Å². The van der Waals surface area contributed by atoms with Crippen LogP contribution < -0.4 is 0 Å². The third-order valence-corrected chi connectivity index (χ3v) is 5.21. The lowest BCUT2D eigenvalue weighted by Gasteiger charge is -2.32. The van der Waals surface area contributed by atoms with Crippen molar-refractivity contribution in [3.63, 3.8) is 0 Å². The van der Waals surface area contributed by atoms with E-state index in [4.69, 9.17) is 0 Å². The number of amides is 2. The summed E-state index contributed by atoms with van der Waals surface area (Å²) in [5.41, 5.74) is 0.940. The van der Waals surface area contributed by atoms with Crippen molar-refractivity contribution in [3.8, 4) is 0 Å². The number of piperidine rings is 1. The number of carbonyl (C=O) groups excluding carboxylic acids is 2. The molecule has 136 valence electrons. The Labute approximate surface area is 149 Å². The van der Waals surface area contributed by atoms with Crippen LogP contribution in [0.25, 0.3) is 0 Å². The van der Waals surface area contributed by atoms with Crippen molar-refractivity contribution in [1.29, 1.82) is 0 Å². The monoisotopic (exact) mass is 344 g/mol. The van der Waals surface area contributed by atoms with Crippen LogP contribution in [0.5, 0.6) is 0 Å². The molecule has 0 radical (unpaired) electrons. The molecule has 0 aromatic carbocycles. The first-order valence-electron chi connectivity index (χ1n) is 9.27. The van der Waals surface area contributed by atoms with E-state index < -0.39 is 0 Å². The first kappa shape index (κ1) is 17.9. The second-order valence-electron chi connectivity index (χ2n) is 7.20. The standard InChI is InChI=1S/C19H28N4O2/c1-21-8-3-6-17(15-21)19(25)23-10-4-9-22(11-12-23)18(24)13-16-5-2-7-20-14-16/h2,5,7,14,17H,3-4,6,8-13,15H2,1H3. The Morgan fingerprint density at radius 2 is 1.92 bits per heavy atom. The van der Waals surface area contributed by atoms with Gasteiger partial charge in [-0.2, -0.15) is 0 Å². The van der Waals surface area contributed by atoms with Crippen molar-refractivity contribution >= 4 is 11.8 Å². The Morgan fingerprint density at radius 1 is 1.12 bits per heavy atom. The quantitative estimate of drug-likeness (QED) is 0.822. The van der Waals surface area contributed by atoms with Crippen molar-refractivity contribution in [2.75, 3.05) is 46.3 Å². The molecule has 2 aliphatic rings. The van der Waals surface area contributed by atoms with Gasteiger partial charge in [0.2, 0.25) is 11.8 Å². The Morgan fingerprint density at radius 3 is 2.68 bits per heavy atom. The van der Waals surface area contributed by atoms with Crippen molar-refractivity contribution in [2.45, 2.75) is 25.7 Å². The van der Waals surface area contributed by atoms with Crippen LogP contribution in [0.4, 0.5) is 0 Å².